The number of aromatic nitrogens is 3. The van der Waals surface area contributed by atoms with Crippen LogP contribution in [0.2, 0.25) is 0 Å². The Labute approximate surface area is 159 Å². The molecule has 0 aliphatic heterocycles. The maximum absolute atomic E-state index is 12.8. The van der Waals surface area contributed by atoms with Gasteiger partial charge in [-0.1, -0.05) is 12.1 Å². The largest absolute Gasteiger partial charge is 0.494 e. The summed E-state index contributed by atoms with van der Waals surface area (Å²) in [5.74, 6) is 0.674. The Morgan fingerprint density at radius 1 is 1.19 bits per heavy atom. The van der Waals surface area contributed by atoms with Gasteiger partial charge in [0.15, 0.2) is 0 Å². The lowest BCUT2D eigenvalue weighted by molar-refractivity contribution is 0.0784. The molecule has 0 saturated carbocycles. The second-order valence-electron chi connectivity index (χ2n) is 6.57. The first-order valence-corrected chi connectivity index (χ1v) is 8.76. The summed E-state index contributed by atoms with van der Waals surface area (Å²) in [7, 11) is 5.35. The van der Waals surface area contributed by atoms with Gasteiger partial charge in [-0.2, -0.15) is 5.10 Å². The molecule has 0 unspecified atom stereocenters. The molecule has 27 heavy (non-hydrogen) atoms. The Morgan fingerprint density at radius 2 is 1.89 bits per heavy atom. The molecule has 0 aliphatic carbocycles. The number of benzene rings is 1. The molecule has 0 spiro atoms. The molecule has 3 aromatic rings. The third-order valence-electron chi connectivity index (χ3n) is 4.80. The Balaban J connectivity index is 1.79. The SMILES string of the molecule is COc1cccnc1-c1ccc(C(=O)N(C)Cc2c(C)nn(C)c2C)cc1. The van der Waals surface area contributed by atoms with Crippen LogP contribution in [0.4, 0.5) is 0 Å². The molecule has 0 fully saturated rings. The maximum Gasteiger partial charge on any atom is 0.253 e. The van der Waals surface area contributed by atoms with Crippen LogP contribution in [0.1, 0.15) is 27.3 Å². The van der Waals surface area contributed by atoms with Crippen LogP contribution >= 0.6 is 0 Å². The maximum atomic E-state index is 12.8. The highest BCUT2D eigenvalue weighted by atomic mass is 16.5. The molecule has 1 amide bonds. The van der Waals surface area contributed by atoms with E-state index in [1.165, 1.54) is 0 Å². The van der Waals surface area contributed by atoms with Gasteiger partial charge in [-0.15, -0.1) is 0 Å². The summed E-state index contributed by atoms with van der Waals surface area (Å²) in [6, 6.07) is 11.1. The molecule has 0 atom stereocenters. The van der Waals surface area contributed by atoms with Gasteiger partial charge in [0.2, 0.25) is 0 Å². The van der Waals surface area contributed by atoms with Gasteiger partial charge in [-0.25, -0.2) is 0 Å². The smallest absolute Gasteiger partial charge is 0.253 e. The van der Waals surface area contributed by atoms with Crippen molar-refractivity contribution in [2.75, 3.05) is 14.2 Å². The van der Waals surface area contributed by atoms with Crippen molar-refractivity contribution in [3.05, 3.63) is 65.1 Å². The first-order chi connectivity index (χ1) is 12.9. The number of hydrogen-bond acceptors (Lipinski definition) is 4. The van der Waals surface area contributed by atoms with E-state index in [1.807, 2.05) is 69.0 Å². The number of methoxy groups -OCH3 is 1. The Hall–Kier alpha value is -3.15. The number of rotatable bonds is 5. The highest BCUT2D eigenvalue weighted by Crippen LogP contribution is 2.27. The van der Waals surface area contributed by atoms with Gasteiger partial charge in [-0.3, -0.25) is 14.5 Å². The van der Waals surface area contributed by atoms with Crippen LogP contribution in [0.5, 0.6) is 5.75 Å². The van der Waals surface area contributed by atoms with Crippen LogP contribution in [0.25, 0.3) is 11.3 Å². The fourth-order valence-electron chi connectivity index (χ4n) is 3.12. The third-order valence-corrected chi connectivity index (χ3v) is 4.80. The number of nitrogens with zero attached hydrogens (tertiary/aromatic N) is 4. The number of carbonyl (C=O) groups excluding carboxylic acids is 1. The van der Waals surface area contributed by atoms with E-state index < -0.39 is 0 Å². The van der Waals surface area contributed by atoms with Gasteiger partial charge >= 0.3 is 0 Å². The first-order valence-electron chi connectivity index (χ1n) is 8.76. The van der Waals surface area contributed by atoms with Crippen molar-refractivity contribution < 1.29 is 9.53 Å². The van der Waals surface area contributed by atoms with Crippen molar-refractivity contribution in [3.63, 3.8) is 0 Å². The number of pyridine rings is 1. The first kappa shape index (κ1) is 18.6. The topological polar surface area (TPSA) is 60.2 Å². The van der Waals surface area contributed by atoms with Crippen molar-refractivity contribution in [2.24, 2.45) is 7.05 Å². The summed E-state index contributed by atoms with van der Waals surface area (Å²) in [6.07, 6.45) is 1.73. The van der Waals surface area contributed by atoms with Crippen LogP contribution < -0.4 is 4.74 Å². The average molecular weight is 364 g/mol. The van der Waals surface area contributed by atoms with Crippen molar-refractivity contribution in [3.8, 4) is 17.0 Å². The van der Waals surface area contributed by atoms with Crippen LogP contribution in [0, 0.1) is 13.8 Å². The Kier molecular flexibility index (Phi) is 5.26. The molecular weight excluding hydrogens is 340 g/mol. The molecular formula is C21H24N4O2. The normalized spacial score (nSPS) is 10.7. The lowest BCUT2D eigenvalue weighted by Gasteiger charge is -2.18. The zero-order valence-corrected chi connectivity index (χ0v) is 16.4. The molecule has 2 aromatic heterocycles. The Bertz CT molecular complexity index is 961. The molecule has 2 heterocycles. The van der Waals surface area contributed by atoms with Crippen LogP contribution in [-0.4, -0.2) is 39.7 Å². The molecule has 1 aromatic carbocycles. The van der Waals surface area contributed by atoms with Crippen molar-refractivity contribution in [1.82, 2.24) is 19.7 Å². The van der Waals surface area contributed by atoms with Crippen molar-refractivity contribution >= 4 is 5.91 Å². The second kappa shape index (κ2) is 7.61. The molecule has 3 rings (SSSR count). The van der Waals surface area contributed by atoms with E-state index in [1.54, 1.807) is 18.2 Å². The van der Waals surface area contributed by atoms with Crippen molar-refractivity contribution in [1.29, 1.82) is 0 Å². The highest BCUT2D eigenvalue weighted by Gasteiger charge is 2.17. The summed E-state index contributed by atoms with van der Waals surface area (Å²) in [4.78, 5) is 18.9. The highest BCUT2D eigenvalue weighted by molar-refractivity contribution is 5.94. The van der Waals surface area contributed by atoms with E-state index in [-0.39, 0.29) is 5.91 Å². The van der Waals surface area contributed by atoms with Gasteiger partial charge in [0.1, 0.15) is 11.4 Å². The lowest BCUT2D eigenvalue weighted by Crippen LogP contribution is -2.26. The third kappa shape index (κ3) is 3.69. The van der Waals surface area contributed by atoms with Crippen LogP contribution in [0.15, 0.2) is 42.6 Å². The number of aryl methyl sites for hydroxylation is 2. The van der Waals surface area contributed by atoms with Crippen LogP contribution in [-0.2, 0) is 13.6 Å². The second-order valence-corrected chi connectivity index (χ2v) is 6.57. The monoisotopic (exact) mass is 364 g/mol. The standard InChI is InChI=1S/C21H24N4O2/c1-14-18(15(2)25(4)23-14)13-24(3)21(26)17-10-8-16(9-11-17)20-19(27-5)7-6-12-22-20/h6-12H,13H2,1-5H3. The summed E-state index contributed by atoms with van der Waals surface area (Å²) >= 11 is 0. The Morgan fingerprint density at radius 3 is 2.48 bits per heavy atom. The molecule has 0 saturated heterocycles. The van der Waals surface area contributed by atoms with E-state index >= 15 is 0 Å². The number of amides is 1. The predicted octanol–water partition coefficient (Wildman–Crippen LogP) is 3.38. The van der Waals surface area contributed by atoms with Gasteiger partial charge in [0.25, 0.3) is 5.91 Å². The van der Waals surface area contributed by atoms with Crippen LogP contribution in [0.3, 0.4) is 0 Å². The fraction of sp³-hybridized carbons (Fsp3) is 0.286. The summed E-state index contributed by atoms with van der Waals surface area (Å²) in [5, 5.41) is 4.42. The molecule has 0 bridgehead atoms. The summed E-state index contributed by atoms with van der Waals surface area (Å²) < 4.78 is 7.21. The number of hydrogen-bond donors (Lipinski definition) is 0. The summed E-state index contributed by atoms with van der Waals surface area (Å²) in [5.41, 5.74) is 5.41. The van der Waals surface area contributed by atoms with E-state index in [2.05, 4.69) is 10.1 Å². The minimum absolute atomic E-state index is 0.0304. The molecule has 0 aliphatic rings. The van der Waals surface area contributed by atoms with E-state index in [4.69, 9.17) is 4.74 Å². The molecule has 6 heteroatoms. The minimum atomic E-state index is -0.0304. The summed E-state index contributed by atoms with van der Waals surface area (Å²) in [6.45, 7) is 4.51. The number of ether oxygens (including phenoxy) is 1. The predicted molar refractivity (Wildman–Crippen MR) is 105 cm³/mol. The van der Waals surface area contributed by atoms with Gasteiger partial charge < -0.3 is 9.64 Å². The molecule has 0 N–H and O–H groups in total. The average Bonchev–Trinajstić information content (AvgIpc) is 2.93. The van der Waals surface area contributed by atoms with E-state index in [9.17, 15) is 4.79 Å². The molecule has 140 valence electrons. The minimum Gasteiger partial charge on any atom is -0.494 e. The molecule has 6 nitrogen and oxygen atoms in total. The zero-order valence-electron chi connectivity index (χ0n) is 16.4. The van der Waals surface area contributed by atoms with E-state index in [0.29, 0.717) is 17.9 Å². The zero-order chi connectivity index (χ0) is 19.6. The fourth-order valence-corrected chi connectivity index (χ4v) is 3.12. The van der Waals surface area contributed by atoms with Gasteiger partial charge in [0, 0.05) is 49.2 Å². The molecule has 0 radical (unpaired) electrons. The number of carbonyl (C=O) groups is 1. The van der Waals surface area contributed by atoms with Gasteiger partial charge in [0.05, 0.1) is 12.8 Å². The van der Waals surface area contributed by atoms with E-state index in [0.717, 1.165) is 28.2 Å². The van der Waals surface area contributed by atoms with Gasteiger partial charge in [-0.05, 0) is 38.1 Å². The lowest BCUT2D eigenvalue weighted by atomic mass is 10.1. The quantitative estimate of drug-likeness (QED) is 0.696. The van der Waals surface area contributed by atoms with Crippen molar-refractivity contribution in [2.45, 2.75) is 20.4 Å².